The number of halogens is 2. The molecule has 0 atom stereocenters. The van der Waals surface area contributed by atoms with Crippen LogP contribution >= 0.6 is 0 Å². The summed E-state index contributed by atoms with van der Waals surface area (Å²) in [5.41, 5.74) is 2.06. The third kappa shape index (κ3) is 5.28. The van der Waals surface area contributed by atoms with Gasteiger partial charge >= 0.3 is 0 Å². The Morgan fingerprint density at radius 1 is 0.902 bits per heavy atom. The molecule has 0 aliphatic heterocycles. The zero-order chi connectivity index (χ0) is 28.3. The number of aliphatic hydroxyl groups excluding tert-OH is 1. The number of aliphatic hydroxyl groups is 1. The number of nitrogens with zero attached hydrogens (tertiary/aromatic N) is 2. The second-order valence-electron chi connectivity index (χ2n) is 9.05. The maximum atomic E-state index is 15.2. The van der Waals surface area contributed by atoms with E-state index in [1.807, 2.05) is 0 Å². The predicted octanol–water partition coefficient (Wildman–Crippen LogP) is 6.32. The molecular weight excluding hydrogens is 530 g/mol. The van der Waals surface area contributed by atoms with Gasteiger partial charge in [-0.3, -0.25) is 9.78 Å². The molecule has 3 aromatic heterocycles. The number of H-pyrrole nitrogens is 1. The van der Waals surface area contributed by atoms with Crippen molar-refractivity contribution in [2.24, 2.45) is 0 Å². The Labute approximate surface area is 231 Å². The molecule has 0 amide bonds. The zero-order valence-corrected chi connectivity index (χ0v) is 21.4. The highest BCUT2D eigenvalue weighted by Crippen LogP contribution is 2.33. The molecule has 0 unspecified atom stereocenters. The third-order valence-electron chi connectivity index (χ3n) is 6.40. The number of aromatic amines is 1. The van der Waals surface area contributed by atoms with Crippen molar-refractivity contribution in [3.05, 3.63) is 113 Å². The summed E-state index contributed by atoms with van der Waals surface area (Å²) in [4.78, 5) is 25.1. The van der Waals surface area contributed by atoms with Crippen LogP contribution in [0.5, 0.6) is 17.2 Å². The van der Waals surface area contributed by atoms with Crippen LogP contribution < -0.4 is 20.2 Å². The van der Waals surface area contributed by atoms with Crippen molar-refractivity contribution in [3.63, 3.8) is 0 Å². The normalized spacial score (nSPS) is 11.1. The fourth-order valence-corrected chi connectivity index (χ4v) is 4.46. The summed E-state index contributed by atoms with van der Waals surface area (Å²) in [5, 5.41) is 12.9. The van der Waals surface area contributed by atoms with E-state index in [0.29, 0.717) is 44.7 Å². The van der Waals surface area contributed by atoms with Crippen LogP contribution in [0.3, 0.4) is 0 Å². The SMILES string of the molecule is O=c1c(-c2ccc(F)cc2)c[nH]c2ccnc(Nc3ccc(Oc4ccnc5cc(OCCO)ccc45)c(F)c3)c12. The summed E-state index contributed by atoms with van der Waals surface area (Å²) < 4.78 is 39.9. The van der Waals surface area contributed by atoms with Crippen molar-refractivity contribution in [2.75, 3.05) is 18.5 Å². The molecule has 0 bridgehead atoms. The van der Waals surface area contributed by atoms with Crippen molar-refractivity contribution >= 4 is 33.3 Å². The molecule has 0 fully saturated rings. The first-order valence-electron chi connectivity index (χ1n) is 12.6. The molecule has 41 heavy (non-hydrogen) atoms. The van der Waals surface area contributed by atoms with Gasteiger partial charge in [-0.05, 0) is 54.1 Å². The minimum atomic E-state index is -0.635. The van der Waals surface area contributed by atoms with Gasteiger partial charge in [0.25, 0.3) is 0 Å². The second-order valence-corrected chi connectivity index (χ2v) is 9.05. The van der Waals surface area contributed by atoms with Crippen LogP contribution in [-0.4, -0.2) is 33.3 Å². The van der Waals surface area contributed by atoms with Crippen LogP contribution in [0.4, 0.5) is 20.3 Å². The zero-order valence-electron chi connectivity index (χ0n) is 21.4. The molecule has 204 valence electrons. The van der Waals surface area contributed by atoms with E-state index in [9.17, 15) is 9.18 Å². The highest BCUT2D eigenvalue weighted by atomic mass is 19.1. The second kappa shape index (κ2) is 11.0. The molecule has 8 nitrogen and oxygen atoms in total. The van der Waals surface area contributed by atoms with Crippen LogP contribution in [0.2, 0.25) is 0 Å². The van der Waals surface area contributed by atoms with Gasteiger partial charge in [-0.25, -0.2) is 13.8 Å². The molecule has 0 radical (unpaired) electrons. The summed E-state index contributed by atoms with van der Waals surface area (Å²) in [5.74, 6) is 0.136. The molecule has 0 aliphatic rings. The first-order chi connectivity index (χ1) is 20.0. The van der Waals surface area contributed by atoms with E-state index in [-0.39, 0.29) is 35.6 Å². The molecule has 10 heteroatoms. The molecule has 3 aromatic carbocycles. The van der Waals surface area contributed by atoms with Gasteiger partial charge in [0.1, 0.15) is 29.7 Å². The number of anilines is 2. The maximum Gasteiger partial charge on any atom is 0.200 e. The van der Waals surface area contributed by atoms with Crippen molar-refractivity contribution in [2.45, 2.75) is 0 Å². The molecule has 3 heterocycles. The van der Waals surface area contributed by atoms with Crippen LogP contribution in [0.15, 0.2) is 96.2 Å². The maximum absolute atomic E-state index is 15.2. The van der Waals surface area contributed by atoms with Gasteiger partial charge in [-0.2, -0.15) is 0 Å². The Morgan fingerprint density at radius 2 is 1.73 bits per heavy atom. The van der Waals surface area contributed by atoms with Crippen molar-refractivity contribution < 1.29 is 23.4 Å². The number of aromatic nitrogens is 3. The summed E-state index contributed by atoms with van der Waals surface area (Å²) in [6.07, 6.45) is 4.64. The van der Waals surface area contributed by atoms with E-state index in [0.717, 1.165) is 0 Å². The van der Waals surface area contributed by atoms with E-state index < -0.39 is 11.6 Å². The smallest absolute Gasteiger partial charge is 0.200 e. The van der Waals surface area contributed by atoms with E-state index in [1.54, 1.807) is 48.8 Å². The van der Waals surface area contributed by atoms with Crippen molar-refractivity contribution in [1.29, 1.82) is 0 Å². The third-order valence-corrected chi connectivity index (χ3v) is 6.40. The lowest BCUT2D eigenvalue weighted by atomic mass is 10.0. The Kier molecular flexibility index (Phi) is 6.97. The number of hydrogen-bond donors (Lipinski definition) is 3. The number of pyridine rings is 3. The summed E-state index contributed by atoms with van der Waals surface area (Å²) in [6, 6.07) is 18.4. The number of nitrogens with one attached hydrogen (secondary N) is 2. The average molecular weight is 553 g/mol. The first kappa shape index (κ1) is 25.9. The van der Waals surface area contributed by atoms with Gasteiger partial charge in [-0.1, -0.05) is 12.1 Å². The lowest BCUT2D eigenvalue weighted by Gasteiger charge is -2.13. The van der Waals surface area contributed by atoms with E-state index >= 15 is 4.39 Å². The van der Waals surface area contributed by atoms with E-state index in [4.69, 9.17) is 14.6 Å². The molecule has 0 spiro atoms. The quantitative estimate of drug-likeness (QED) is 0.203. The molecule has 3 N–H and O–H groups in total. The lowest BCUT2D eigenvalue weighted by Crippen LogP contribution is -2.10. The lowest BCUT2D eigenvalue weighted by molar-refractivity contribution is 0.201. The predicted molar refractivity (Wildman–Crippen MR) is 152 cm³/mol. The topological polar surface area (TPSA) is 109 Å². The van der Waals surface area contributed by atoms with Crippen LogP contribution in [-0.2, 0) is 0 Å². The Morgan fingerprint density at radius 3 is 2.54 bits per heavy atom. The fraction of sp³-hybridized carbons (Fsp3) is 0.0645. The van der Waals surface area contributed by atoms with Gasteiger partial charge in [0.15, 0.2) is 11.6 Å². The van der Waals surface area contributed by atoms with E-state index in [1.165, 1.54) is 42.6 Å². The highest BCUT2D eigenvalue weighted by Gasteiger charge is 2.15. The van der Waals surface area contributed by atoms with Crippen molar-refractivity contribution in [1.82, 2.24) is 15.0 Å². The fourth-order valence-electron chi connectivity index (χ4n) is 4.46. The number of benzene rings is 3. The molecule has 0 aliphatic carbocycles. The van der Waals surface area contributed by atoms with Crippen LogP contribution in [0.25, 0.3) is 32.9 Å². The molecule has 0 saturated heterocycles. The van der Waals surface area contributed by atoms with Gasteiger partial charge in [0, 0.05) is 47.4 Å². The van der Waals surface area contributed by atoms with Crippen molar-refractivity contribution in [3.8, 4) is 28.4 Å². The number of ether oxygens (including phenoxy) is 2. The summed E-state index contributed by atoms with van der Waals surface area (Å²) in [7, 11) is 0. The van der Waals surface area contributed by atoms with Gasteiger partial charge < -0.3 is 24.9 Å². The monoisotopic (exact) mass is 552 g/mol. The van der Waals surface area contributed by atoms with Gasteiger partial charge in [0.05, 0.1) is 23.0 Å². The number of rotatable bonds is 8. The molecule has 6 aromatic rings. The largest absolute Gasteiger partial charge is 0.491 e. The minimum absolute atomic E-state index is 0.00835. The van der Waals surface area contributed by atoms with Gasteiger partial charge in [0.2, 0.25) is 5.43 Å². The summed E-state index contributed by atoms with van der Waals surface area (Å²) in [6.45, 7) is 0.0498. The summed E-state index contributed by atoms with van der Waals surface area (Å²) >= 11 is 0. The number of fused-ring (bicyclic) bond motifs is 2. The highest BCUT2D eigenvalue weighted by molar-refractivity contribution is 5.93. The average Bonchev–Trinajstić information content (AvgIpc) is 2.98. The number of hydrogen-bond acceptors (Lipinski definition) is 7. The standard InChI is InChI=1S/C31H22F2N4O4/c32-19-3-1-18(2-4-19)23-17-36-25-9-11-35-31(29(25)30(23)39)37-20-5-8-28(24(33)15-20)41-27-10-12-34-26-16-21(40-14-13-38)6-7-22(26)27/h1-12,15-17,38H,13-14H2,(H,35,37)(H,36,39). The minimum Gasteiger partial charge on any atom is -0.491 e. The Hall–Kier alpha value is -5.35. The van der Waals surface area contributed by atoms with E-state index in [2.05, 4.69) is 20.3 Å². The Bertz CT molecular complexity index is 1940. The van der Waals surface area contributed by atoms with Gasteiger partial charge in [-0.15, -0.1) is 0 Å². The first-order valence-corrected chi connectivity index (χ1v) is 12.6. The molecular formula is C31H22F2N4O4. The Balaban J connectivity index is 1.28. The van der Waals surface area contributed by atoms with Crippen LogP contribution in [0, 0.1) is 11.6 Å². The molecule has 0 saturated carbocycles. The van der Waals surface area contributed by atoms with Crippen LogP contribution in [0.1, 0.15) is 0 Å². The molecule has 6 rings (SSSR count).